The minimum Gasteiger partial charge on any atom is -0.493 e. The van der Waals surface area contributed by atoms with E-state index in [4.69, 9.17) is 4.74 Å². The van der Waals surface area contributed by atoms with E-state index in [2.05, 4.69) is 65.7 Å². The predicted molar refractivity (Wildman–Crippen MR) is 139 cm³/mol. The Hall–Kier alpha value is -2.33. The number of piperidine rings is 1. The molecule has 1 saturated carbocycles. The first-order valence-corrected chi connectivity index (χ1v) is 14.1. The number of ether oxygens (including phenoxy) is 1. The first-order chi connectivity index (χ1) is 17.2. The van der Waals surface area contributed by atoms with Crippen LogP contribution in [0.5, 0.6) is 5.75 Å². The first kappa shape index (κ1) is 23.1. The van der Waals surface area contributed by atoms with Crippen LogP contribution in [0.15, 0.2) is 48.5 Å². The summed E-state index contributed by atoms with van der Waals surface area (Å²) >= 11 is 0. The average molecular weight is 474 g/mol. The molecule has 1 amide bonds. The van der Waals surface area contributed by atoms with Gasteiger partial charge in [0, 0.05) is 18.2 Å². The Morgan fingerprint density at radius 2 is 1.86 bits per heavy atom. The van der Waals surface area contributed by atoms with E-state index >= 15 is 0 Å². The molecule has 2 saturated heterocycles. The van der Waals surface area contributed by atoms with Gasteiger partial charge in [-0.05, 0) is 62.0 Å². The molecule has 1 aliphatic carbocycles. The topological polar surface area (TPSA) is 46.1 Å². The van der Waals surface area contributed by atoms with Crippen LogP contribution in [0.4, 0.5) is 0 Å². The molecule has 3 heterocycles. The summed E-state index contributed by atoms with van der Waals surface area (Å²) in [6.45, 7) is 5.67. The average Bonchev–Trinajstić information content (AvgIpc) is 3.33. The molecule has 6 rings (SSSR count). The third kappa shape index (κ3) is 4.08. The van der Waals surface area contributed by atoms with Gasteiger partial charge in [-0.25, -0.2) is 0 Å². The fourth-order valence-electron chi connectivity index (χ4n) is 7.96. The predicted octanol–water partition coefficient (Wildman–Crippen LogP) is 4.56. The Kier molecular flexibility index (Phi) is 6.34. The van der Waals surface area contributed by atoms with Gasteiger partial charge in [-0.1, -0.05) is 67.8 Å². The summed E-state index contributed by atoms with van der Waals surface area (Å²) in [6, 6.07) is 18.0. The van der Waals surface area contributed by atoms with Gasteiger partial charge in [0.1, 0.15) is 11.7 Å². The van der Waals surface area contributed by atoms with Crippen LogP contribution in [0.2, 0.25) is 0 Å². The van der Waals surface area contributed by atoms with Crippen molar-refractivity contribution in [3.63, 3.8) is 0 Å². The summed E-state index contributed by atoms with van der Waals surface area (Å²) in [5.41, 5.74) is 3.84. The normalized spacial score (nSPS) is 31.2. The largest absolute Gasteiger partial charge is 0.493 e. The molecule has 0 radical (unpaired) electrons. The molecular weight excluding hydrogens is 432 g/mol. The highest BCUT2D eigenvalue weighted by molar-refractivity contribution is 5.82. The van der Waals surface area contributed by atoms with Crippen molar-refractivity contribution >= 4 is 5.91 Å². The Labute approximate surface area is 210 Å². The molecule has 3 fully saturated rings. The smallest absolute Gasteiger partial charge is 0.232 e. The van der Waals surface area contributed by atoms with Crippen molar-refractivity contribution in [3.05, 3.63) is 65.2 Å². The van der Waals surface area contributed by atoms with Crippen LogP contribution in [0.25, 0.3) is 0 Å². The fourth-order valence-corrected chi connectivity index (χ4v) is 7.96. The minimum absolute atomic E-state index is 0.0475. The lowest BCUT2D eigenvalue weighted by Gasteiger charge is -2.47. The second-order valence-corrected chi connectivity index (χ2v) is 11.6. The molecule has 2 aromatic carbocycles. The first-order valence-electron chi connectivity index (χ1n) is 14.1. The van der Waals surface area contributed by atoms with E-state index < -0.39 is 0 Å². The number of aryl methyl sites for hydroxylation is 1. The van der Waals surface area contributed by atoms with Crippen LogP contribution in [0.1, 0.15) is 74.0 Å². The van der Waals surface area contributed by atoms with E-state index in [0.29, 0.717) is 23.8 Å². The number of quaternary nitrogens is 1. The van der Waals surface area contributed by atoms with Gasteiger partial charge in [-0.15, -0.1) is 0 Å². The SMILES string of the molecule is Cc1cccc2c1OCC[C@]21C[NH2+]CC1C(=O)N1CC[C@@H](c2ccccc2)C[C@H]1C1CCCCC1. The van der Waals surface area contributed by atoms with Gasteiger partial charge in [0.2, 0.25) is 5.91 Å². The van der Waals surface area contributed by atoms with Crippen molar-refractivity contribution in [1.29, 1.82) is 0 Å². The molecule has 2 aromatic rings. The number of rotatable bonds is 3. The Bertz CT molecular complexity index is 1050. The lowest BCUT2D eigenvalue weighted by Crippen LogP contribution is -2.82. The second-order valence-electron chi connectivity index (χ2n) is 11.6. The number of nitrogens with zero attached hydrogens (tertiary/aromatic N) is 1. The number of benzene rings is 2. The summed E-state index contributed by atoms with van der Waals surface area (Å²) in [4.78, 5) is 16.9. The van der Waals surface area contributed by atoms with Gasteiger partial charge in [-0.3, -0.25) is 4.79 Å². The summed E-state index contributed by atoms with van der Waals surface area (Å²) in [6.07, 6.45) is 9.74. The van der Waals surface area contributed by atoms with Crippen molar-refractivity contribution in [2.75, 3.05) is 26.2 Å². The highest BCUT2D eigenvalue weighted by Crippen LogP contribution is 2.47. The molecule has 4 nitrogen and oxygen atoms in total. The fraction of sp³-hybridized carbons (Fsp3) is 0.581. The summed E-state index contributed by atoms with van der Waals surface area (Å²) in [7, 11) is 0. The molecule has 3 aliphatic heterocycles. The molecule has 2 N–H and O–H groups in total. The summed E-state index contributed by atoms with van der Waals surface area (Å²) < 4.78 is 6.16. The van der Waals surface area contributed by atoms with E-state index in [0.717, 1.165) is 51.3 Å². The van der Waals surface area contributed by atoms with E-state index in [1.54, 1.807) is 0 Å². The maximum Gasteiger partial charge on any atom is 0.232 e. The molecule has 186 valence electrons. The summed E-state index contributed by atoms with van der Waals surface area (Å²) in [5, 5.41) is 2.40. The van der Waals surface area contributed by atoms with Crippen molar-refractivity contribution in [3.8, 4) is 5.75 Å². The quantitative estimate of drug-likeness (QED) is 0.710. The molecular formula is C31H41N2O2+. The minimum atomic E-state index is -0.0932. The van der Waals surface area contributed by atoms with Gasteiger partial charge >= 0.3 is 0 Å². The highest BCUT2D eigenvalue weighted by Gasteiger charge is 2.56. The standard InChI is InChI=1S/C31H40N2O2/c1-22-9-8-14-26-29(22)35-18-16-31(26)21-32-20-27(31)30(34)33-17-15-25(23-10-4-2-5-11-23)19-28(33)24-12-6-3-7-13-24/h2,4-5,8-11,14,24-25,27-28,32H,3,6-7,12-13,15-21H2,1H3/p+1/t25-,27?,28+,31+/m1/s1. The monoisotopic (exact) mass is 473 g/mol. The van der Waals surface area contributed by atoms with Crippen molar-refractivity contribution in [2.24, 2.45) is 11.8 Å². The molecule has 35 heavy (non-hydrogen) atoms. The highest BCUT2D eigenvalue weighted by atomic mass is 16.5. The van der Waals surface area contributed by atoms with Gasteiger partial charge < -0.3 is 15.0 Å². The zero-order valence-corrected chi connectivity index (χ0v) is 21.3. The van der Waals surface area contributed by atoms with Gasteiger partial charge in [-0.2, -0.15) is 0 Å². The number of nitrogens with two attached hydrogens (primary N) is 1. The number of fused-ring (bicyclic) bond motifs is 2. The van der Waals surface area contributed by atoms with E-state index in [1.807, 2.05) is 0 Å². The number of carbonyl (C=O) groups is 1. The number of likely N-dealkylation sites (tertiary alicyclic amines) is 1. The Morgan fingerprint density at radius 1 is 1.03 bits per heavy atom. The third-order valence-corrected chi connectivity index (χ3v) is 9.81. The van der Waals surface area contributed by atoms with Gasteiger partial charge in [0.05, 0.1) is 25.1 Å². The number of para-hydroxylation sites is 1. The maximum absolute atomic E-state index is 14.5. The van der Waals surface area contributed by atoms with Crippen LogP contribution in [0.3, 0.4) is 0 Å². The number of hydrogen-bond donors (Lipinski definition) is 1. The molecule has 1 spiro atoms. The summed E-state index contributed by atoms with van der Waals surface area (Å²) in [5.74, 6) is 2.74. The van der Waals surface area contributed by atoms with Crippen LogP contribution >= 0.6 is 0 Å². The number of amides is 1. The molecule has 4 atom stereocenters. The maximum atomic E-state index is 14.5. The molecule has 1 unspecified atom stereocenters. The van der Waals surface area contributed by atoms with Crippen molar-refractivity contribution in [1.82, 2.24) is 4.90 Å². The lowest BCUT2D eigenvalue weighted by atomic mass is 9.67. The molecule has 4 heteroatoms. The van der Waals surface area contributed by atoms with E-state index in [9.17, 15) is 4.79 Å². The van der Waals surface area contributed by atoms with Crippen LogP contribution in [0, 0.1) is 18.8 Å². The van der Waals surface area contributed by atoms with Crippen LogP contribution in [-0.4, -0.2) is 43.1 Å². The second kappa shape index (κ2) is 9.61. The van der Waals surface area contributed by atoms with Gasteiger partial charge in [0.25, 0.3) is 0 Å². The zero-order valence-electron chi connectivity index (χ0n) is 21.3. The van der Waals surface area contributed by atoms with E-state index in [-0.39, 0.29) is 11.3 Å². The van der Waals surface area contributed by atoms with Gasteiger partial charge in [0.15, 0.2) is 0 Å². The molecule has 0 aromatic heterocycles. The zero-order chi connectivity index (χ0) is 23.8. The third-order valence-electron chi connectivity index (χ3n) is 9.81. The molecule has 4 aliphatic rings. The number of hydrogen-bond acceptors (Lipinski definition) is 2. The van der Waals surface area contributed by atoms with Crippen molar-refractivity contribution < 1.29 is 14.8 Å². The molecule has 0 bridgehead atoms. The number of carbonyl (C=O) groups excluding carboxylic acids is 1. The Balaban J connectivity index is 1.31. The lowest BCUT2D eigenvalue weighted by molar-refractivity contribution is -0.640. The van der Waals surface area contributed by atoms with E-state index in [1.165, 1.54) is 48.8 Å². The Morgan fingerprint density at radius 3 is 2.69 bits per heavy atom. The van der Waals surface area contributed by atoms with Crippen molar-refractivity contribution in [2.45, 2.75) is 75.7 Å². The van der Waals surface area contributed by atoms with Crippen LogP contribution < -0.4 is 10.1 Å². The van der Waals surface area contributed by atoms with Crippen LogP contribution in [-0.2, 0) is 10.2 Å².